The van der Waals surface area contributed by atoms with Crippen molar-refractivity contribution < 1.29 is 18.3 Å². The Labute approximate surface area is 205 Å². The van der Waals surface area contributed by atoms with E-state index in [0.717, 1.165) is 18.4 Å². The summed E-state index contributed by atoms with van der Waals surface area (Å²) in [4.78, 5) is 17.2. The van der Waals surface area contributed by atoms with E-state index in [9.17, 15) is 18.3 Å². The first-order valence-electron chi connectivity index (χ1n) is 12.1. The maximum Gasteiger partial charge on any atom is 0.323 e. The zero-order valence-corrected chi connectivity index (χ0v) is 21.0. The van der Waals surface area contributed by atoms with Gasteiger partial charge in [0.2, 0.25) is 10.0 Å². The number of rotatable bonds is 10. The van der Waals surface area contributed by atoms with E-state index >= 15 is 0 Å². The molecule has 0 amide bonds. The van der Waals surface area contributed by atoms with Crippen LogP contribution in [0.1, 0.15) is 38.2 Å². The average molecular weight is 503 g/mol. The van der Waals surface area contributed by atoms with Gasteiger partial charge in [0.25, 0.3) is 0 Å². The van der Waals surface area contributed by atoms with E-state index in [4.69, 9.17) is 4.74 Å². The molecule has 1 aliphatic heterocycles. The van der Waals surface area contributed by atoms with Crippen molar-refractivity contribution in [1.29, 1.82) is 0 Å². The number of nitrogens with one attached hydrogen (secondary N) is 3. The molecule has 190 valence electrons. The second-order valence-electron chi connectivity index (χ2n) is 9.45. The molecule has 1 fully saturated rings. The lowest BCUT2D eigenvalue weighted by molar-refractivity contribution is 0.105. The number of aliphatic hydroxyl groups is 1. The Hall–Kier alpha value is -2.66. The van der Waals surface area contributed by atoms with Gasteiger partial charge in [-0.3, -0.25) is 0 Å². The molecule has 0 bridgehead atoms. The molecule has 2 aromatic carbocycles. The quantitative estimate of drug-likeness (QED) is 0.337. The number of fused-ring (bicyclic) bond motifs is 1. The first-order chi connectivity index (χ1) is 16.7. The van der Waals surface area contributed by atoms with Gasteiger partial charge in [-0.05, 0) is 61.1 Å². The molecule has 0 radical (unpaired) electrons. The second-order valence-corrected chi connectivity index (χ2v) is 11.4. The molecule has 1 aromatic heterocycles. The molecule has 1 atom stereocenters. The SMILES string of the molecule is CC(C)c1ccc(S(=O)(=O)N2CCC(CNC[C@H](O)COc3cccc4[nH]c(=O)[nH]c34)CC2)cc1. The van der Waals surface area contributed by atoms with Crippen molar-refractivity contribution in [3.05, 3.63) is 58.5 Å². The largest absolute Gasteiger partial charge is 0.489 e. The van der Waals surface area contributed by atoms with Crippen molar-refractivity contribution >= 4 is 21.1 Å². The molecule has 0 spiro atoms. The smallest absolute Gasteiger partial charge is 0.323 e. The van der Waals surface area contributed by atoms with E-state index in [1.807, 2.05) is 12.1 Å². The number of piperidine rings is 1. The minimum atomic E-state index is -3.48. The summed E-state index contributed by atoms with van der Waals surface area (Å²) in [6.07, 6.45) is 0.822. The molecule has 3 aromatic rings. The van der Waals surface area contributed by atoms with Crippen LogP contribution < -0.4 is 15.7 Å². The number of sulfonamides is 1. The molecule has 10 heteroatoms. The average Bonchev–Trinajstić information content (AvgIpc) is 3.24. The molecule has 1 saturated heterocycles. The predicted molar refractivity (Wildman–Crippen MR) is 135 cm³/mol. The molecule has 0 saturated carbocycles. The summed E-state index contributed by atoms with van der Waals surface area (Å²) >= 11 is 0. The Morgan fingerprint density at radius 2 is 1.83 bits per heavy atom. The number of ether oxygens (including phenoxy) is 1. The van der Waals surface area contributed by atoms with E-state index in [1.54, 1.807) is 34.6 Å². The number of hydrogen-bond acceptors (Lipinski definition) is 6. The molecule has 4 rings (SSSR count). The molecule has 4 N–H and O–H groups in total. The highest BCUT2D eigenvalue weighted by Gasteiger charge is 2.29. The van der Waals surface area contributed by atoms with Gasteiger partial charge in [-0.25, -0.2) is 13.2 Å². The Balaban J connectivity index is 1.19. The van der Waals surface area contributed by atoms with Gasteiger partial charge in [0.05, 0.1) is 10.4 Å². The van der Waals surface area contributed by atoms with Crippen LogP contribution in [0.2, 0.25) is 0 Å². The molecule has 2 heterocycles. The van der Waals surface area contributed by atoms with Crippen molar-refractivity contribution in [2.75, 3.05) is 32.8 Å². The Kier molecular flexibility index (Phi) is 7.95. The number of nitrogens with zero attached hydrogens (tertiary/aromatic N) is 1. The fourth-order valence-corrected chi connectivity index (χ4v) is 5.85. The van der Waals surface area contributed by atoms with Gasteiger partial charge in [-0.1, -0.05) is 32.0 Å². The summed E-state index contributed by atoms with van der Waals surface area (Å²) in [5.41, 5.74) is 2.05. The van der Waals surface area contributed by atoms with E-state index in [-0.39, 0.29) is 12.3 Å². The summed E-state index contributed by atoms with van der Waals surface area (Å²) in [6, 6.07) is 12.5. The third kappa shape index (κ3) is 6.13. The fraction of sp³-hybridized carbons (Fsp3) is 0.480. The fourth-order valence-electron chi connectivity index (χ4n) is 4.38. The summed E-state index contributed by atoms with van der Waals surface area (Å²) in [5, 5.41) is 13.6. The van der Waals surface area contributed by atoms with Crippen LogP contribution in [0.25, 0.3) is 11.0 Å². The number of aliphatic hydroxyl groups excluding tert-OH is 1. The van der Waals surface area contributed by atoms with Gasteiger partial charge in [0.1, 0.15) is 24.0 Å². The van der Waals surface area contributed by atoms with Crippen LogP contribution in [0.15, 0.2) is 52.2 Å². The Morgan fingerprint density at radius 1 is 1.11 bits per heavy atom. The summed E-state index contributed by atoms with van der Waals surface area (Å²) in [7, 11) is -3.48. The van der Waals surface area contributed by atoms with Crippen LogP contribution in [-0.2, 0) is 10.0 Å². The number of para-hydroxylation sites is 1. The highest BCUT2D eigenvalue weighted by Crippen LogP contribution is 2.25. The van der Waals surface area contributed by atoms with Gasteiger partial charge < -0.3 is 25.1 Å². The molecule has 9 nitrogen and oxygen atoms in total. The van der Waals surface area contributed by atoms with Crippen LogP contribution in [0.4, 0.5) is 0 Å². The van der Waals surface area contributed by atoms with Crippen LogP contribution >= 0.6 is 0 Å². The van der Waals surface area contributed by atoms with Crippen LogP contribution in [0.3, 0.4) is 0 Å². The molecule has 1 aliphatic rings. The van der Waals surface area contributed by atoms with Crippen LogP contribution in [0, 0.1) is 5.92 Å². The second kappa shape index (κ2) is 10.9. The zero-order valence-electron chi connectivity index (χ0n) is 20.2. The van der Waals surface area contributed by atoms with E-state index < -0.39 is 16.1 Å². The lowest BCUT2D eigenvalue weighted by atomic mass is 9.98. The van der Waals surface area contributed by atoms with Gasteiger partial charge >= 0.3 is 5.69 Å². The minimum absolute atomic E-state index is 0.0889. The van der Waals surface area contributed by atoms with E-state index in [0.29, 0.717) is 59.7 Å². The van der Waals surface area contributed by atoms with Crippen molar-refractivity contribution in [2.45, 2.75) is 43.6 Å². The topological polar surface area (TPSA) is 128 Å². The maximum absolute atomic E-state index is 13.0. The van der Waals surface area contributed by atoms with Gasteiger partial charge in [0, 0.05) is 19.6 Å². The standard InChI is InChI=1S/C25H34N4O5S/c1-17(2)19-6-8-21(9-7-19)35(32,33)29-12-10-18(11-13-29)14-26-15-20(30)16-34-23-5-3-4-22-24(23)28-25(31)27-22/h3-9,17-18,20,26,30H,10-16H2,1-2H3,(H2,27,28,31)/t20-/m0/s1. The zero-order chi connectivity index (χ0) is 25.0. The van der Waals surface area contributed by atoms with Crippen LogP contribution in [0.5, 0.6) is 5.75 Å². The first-order valence-corrected chi connectivity index (χ1v) is 13.5. The molecular formula is C25H34N4O5S. The maximum atomic E-state index is 13.0. The van der Waals surface area contributed by atoms with Gasteiger partial charge in [-0.2, -0.15) is 4.31 Å². The highest BCUT2D eigenvalue weighted by atomic mass is 32.2. The van der Waals surface area contributed by atoms with Crippen molar-refractivity contribution in [1.82, 2.24) is 19.6 Å². The lowest BCUT2D eigenvalue weighted by Gasteiger charge is -2.31. The van der Waals surface area contributed by atoms with E-state index in [1.165, 1.54) is 0 Å². The number of H-pyrrole nitrogens is 2. The first kappa shape index (κ1) is 25.4. The van der Waals surface area contributed by atoms with Gasteiger partial charge in [0.15, 0.2) is 0 Å². The monoisotopic (exact) mass is 502 g/mol. The number of benzene rings is 2. The lowest BCUT2D eigenvalue weighted by Crippen LogP contribution is -2.42. The number of aromatic nitrogens is 2. The summed E-state index contributed by atoms with van der Waals surface area (Å²) in [5.74, 6) is 1.21. The number of imidazole rings is 1. The Bertz CT molecular complexity index is 1280. The normalized spacial score (nSPS) is 16.7. The highest BCUT2D eigenvalue weighted by molar-refractivity contribution is 7.89. The third-order valence-electron chi connectivity index (χ3n) is 6.52. The van der Waals surface area contributed by atoms with Crippen LogP contribution in [-0.4, -0.2) is 66.7 Å². The molecule has 0 unspecified atom stereocenters. The summed E-state index contributed by atoms with van der Waals surface area (Å²) < 4.78 is 33.3. The van der Waals surface area contributed by atoms with Gasteiger partial charge in [-0.15, -0.1) is 0 Å². The summed E-state index contributed by atoms with van der Waals surface area (Å²) in [6.45, 7) is 6.31. The molecule has 35 heavy (non-hydrogen) atoms. The van der Waals surface area contributed by atoms with Crippen molar-refractivity contribution in [2.24, 2.45) is 5.92 Å². The third-order valence-corrected chi connectivity index (χ3v) is 8.43. The molecule has 0 aliphatic carbocycles. The predicted octanol–water partition coefficient (Wildman–Crippen LogP) is 2.41. The number of hydrogen-bond donors (Lipinski definition) is 4. The van der Waals surface area contributed by atoms with Crippen molar-refractivity contribution in [3.63, 3.8) is 0 Å². The van der Waals surface area contributed by atoms with Crippen molar-refractivity contribution in [3.8, 4) is 5.75 Å². The van der Waals surface area contributed by atoms with E-state index in [2.05, 4.69) is 29.1 Å². The Morgan fingerprint density at radius 3 is 2.51 bits per heavy atom. The molecular weight excluding hydrogens is 468 g/mol. The number of aromatic amines is 2. The minimum Gasteiger partial charge on any atom is -0.489 e.